The number of hydrogen-bond donors (Lipinski definition) is 2. The molecule has 0 aromatic carbocycles. The summed E-state index contributed by atoms with van der Waals surface area (Å²) < 4.78 is 11.3. The van der Waals surface area contributed by atoms with Gasteiger partial charge >= 0.3 is 72.0 Å². The van der Waals surface area contributed by atoms with E-state index in [4.69, 9.17) is 22.1 Å². The van der Waals surface area contributed by atoms with Gasteiger partial charge in [-0.1, -0.05) is 26.7 Å². The second-order valence-corrected chi connectivity index (χ2v) is 5.26. The minimum absolute atomic E-state index is 1.09. The van der Waals surface area contributed by atoms with E-state index >= 15 is 0 Å². The van der Waals surface area contributed by atoms with Crippen LogP contribution in [-0.4, -0.2) is 13.1 Å². The van der Waals surface area contributed by atoms with Crippen LogP contribution in [0.2, 0.25) is 0 Å². The quantitative estimate of drug-likeness (QED) is 0.266. The first-order valence-corrected chi connectivity index (χ1v) is 8.24. The van der Waals surface area contributed by atoms with Crippen molar-refractivity contribution in [1.29, 1.82) is 0 Å². The van der Waals surface area contributed by atoms with Crippen LogP contribution in [0.5, 0.6) is 0 Å². The first-order valence-electron chi connectivity index (χ1n) is 6.55. The van der Waals surface area contributed by atoms with E-state index in [-0.39, 0.29) is 0 Å². The molecule has 0 atom stereocenters. The molecule has 0 aliphatic heterocycles. The van der Waals surface area contributed by atoms with Crippen LogP contribution in [0.25, 0.3) is 41.8 Å². The third-order valence-corrected chi connectivity index (χ3v) is 2.99. The SMILES string of the molecule is CCCC[NH3+].CCCC[NH3+].[N-]=[N+]=[N][Cu-2]([N]=[N+]=[N-])([N]=[N+]=[N-])[N]=[N+]=[N-]. The van der Waals surface area contributed by atoms with Crippen molar-refractivity contribution >= 4 is 0 Å². The molecule has 0 amide bonds. The second-order valence-electron chi connectivity index (χ2n) is 3.38. The van der Waals surface area contributed by atoms with Crippen molar-refractivity contribution in [1.82, 2.24) is 0 Å². The molecular formula is C8H24CuN14. The van der Waals surface area contributed by atoms with Gasteiger partial charge < -0.3 is 11.5 Å². The molecule has 137 valence electrons. The summed E-state index contributed by atoms with van der Waals surface area (Å²) in [6, 6.07) is 0. The summed E-state index contributed by atoms with van der Waals surface area (Å²) in [6.07, 6.45) is 5.12. The van der Waals surface area contributed by atoms with Crippen LogP contribution in [0.1, 0.15) is 39.5 Å². The van der Waals surface area contributed by atoms with Crippen molar-refractivity contribution in [2.24, 2.45) is 16.5 Å². The average molecular weight is 380 g/mol. The molecule has 0 unspecified atom stereocenters. The van der Waals surface area contributed by atoms with Crippen LogP contribution in [0.15, 0.2) is 16.5 Å². The van der Waals surface area contributed by atoms with E-state index < -0.39 is 13.7 Å². The summed E-state index contributed by atoms with van der Waals surface area (Å²) in [6.45, 7) is 6.53. The van der Waals surface area contributed by atoms with E-state index in [9.17, 15) is 0 Å². The predicted molar refractivity (Wildman–Crippen MR) is 81.9 cm³/mol. The van der Waals surface area contributed by atoms with Crippen molar-refractivity contribution in [3.05, 3.63) is 41.8 Å². The fourth-order valence-electron chi connectivity index (χ4n) is 0.717. The second kappa shape index (κ2) is 22.0. The number of unbranched alkanes of at least 4 members (excludes halogenated alkanes) is 2. The number of azide groups is 1. The Morgan fingerprint density at radius 1 is 0.696 bits per heavy atom. The molecule has 0 aromatic rings. The van der Waals surface area contributed by atoms with Gasteiger partial charge in [0.15, 0.2) is 0 Å². The van der Waals surface area contributed by atoms with E-state index in [1.165, 1.54) is 25.7 Å². The molecule has 0 aliphatic rings. The molecule has 0 aromatic heterocycles. The molecule has 6 N–H and O–H groups in total. The van der Waals surface area contributed by atoms with Gasteiger partial charge in [-0.3, -0.25) is 0 Å². The molecule has 23 heavy (non-hydrogen) atoms. The van der Waals surface area contributed by atoms with Gasteiger partial charge in [0.2, 0.25) is 0 Å². The average Bonchev–Trinajstić information content (AvgIpc) is 2.51. The number of rotatable bonds is 8. The van der Waals surface area contributed by atoms with Crippen molar-refractivity contribution in [2.45, 2.75) is 39.5 Å². The van der Waals surface area contributed by atoms with E-state index in [2.05, 4.69) is 61.5 Å². The normalized spacial score (nSPS) is 11.7. The topological polar surface area (TPSA) is 250 Å². The maximum absolute atomic E-state index is 8.01. The molecule has 14 nitrogen and oxygen atoms in total. The Kier molecular flexibility index (Phi) is 24.5. The van der Waals surface area contributed by atoms with Crippen LogP contribution < -0.4 is 11.5 Å². The monoisotopic (exact) mass is 379 g/mol. The van der Waals surface area contributed by atoms with E-state index in [0.29, 0.717) is 0 Å². The molecule has 0 aliphatic carbocycles. The molecule has 0 saturated heterocycles. The molecule has 0 spiro atoms. The first-order chi connectivity index (χ1) is 11.1. The van der Waals surface area contributed by atoms with Crippen LogP contribution >= 0.6 is 0 Å². The maximum atomic E-state index is 8.01. The van der Waals surface area contributed by atoms with Gasteiger partial charge in [0.25, 0.3) is 0 Å². The zero-order valence-electron chi connectivity index (χ0n) is 13.3. The molecule has 0 bridgehead atoms. The molecular weight excluding hydrogens is 356 g/mol. The summed E-state index contributed by atoms with van der Waals surface area (Å²) in [4.78, 5) is 8.92. The fourth-order valence-corrected chi connectivity index (χ4v) is 1.40. The number of quaternary nitrogens is 2. The van der Waals surface area contributed by atoms with Crippen LogP contribution in [0.3, 0.4) is 0 Å². The Balaban J connectivity index is -0.000000329. The van der Waals surface area contributed by atoms with Crippen molar-refractivity contribution < 1.29 is 25.2 Å². The van der Waals surface area contributed by atoms with Gasteiger partial charge in [-0.25, -0.2) is 0 Å². The Labute approximate surface area is 136 Å². The third-order valence-electron chi connectivity index (χ3n) is 1.64. The van der Waals surface area contributed by atoms with Crippen molar-refractivity contribution in [3.63, 3.8) is 0 Å². The van der Waals surface area contributed by atoms with Gasteiger partial charge in [0.1, 0.15) is 0 Å². The van der Waals surface area contributed by atoms with Gasteiger partial charge in [0.05, 0.1) is 13.1 Å². The van der Waals surface area contributed by atoms with E-state index in [1.54, 1.807) is 0 Å². The van der Waals surface area contributed by atoms with Crippen LogP contribution in [0.4, 0.5) is 0 Å². The Hall–Kier alpha value is -2.32. The minimum atomic E-state index is -3.31. The van der Waals surface area contributed by atoms with Crippen LogP contribution in [0, 0.1) is 0 Å². The molecule has 0 rings (SSSR count). The van der Waals surface area contributed by atoms with E-state index in [0.717, 1.165) is 13.1 Å². The van der Waals surface area contributed by atoms with Gasteiger partial charge in [-0.05, 0) is 12.8 Å². The predicted octanol–water partition coefficient (Wildman–Crippen LogP) is 3.10. The summed E-state index contributed by atoms with van der Waals surface area (Å²) >= 11 is -3.31. The van der Waals surface area contributed by atoms with Gasteiger partial charge in [-0.15, -0.1) is 0 Å². The third kappa shape index (κ3) is 19.7. The Bertz CT molecular complexity index is 378. The summed E-state index contributed by atoms with van der Waals surface area (Å²) in [7, 11) is 0. The fraction of sp³-hybridized carbons (Fsp3) is 1.00. The zero-order valence-corrected chi connectivity index (χ0v) is 14.3. The Morgan fingerprint density at radius 2 is 0.957 bits per heavy atom. The summed E-state index contributed by atoms with van der Waals surface area (Å²) in [5, 5.41) is 0. The molecule has 15 heteroatoms. The molecule has 0 radical (unpaired) electrons. The van der Waals surface area contributed by atoms with Gasteiger partial charge in [-0.2, -0.15) is 0 Å². The zero-order chi connectivity index (χ0) is 18.4. The number of hydrogen-bond acceptors (Lipinski definition) is 4. The molecule has 0 saturated carbocycles. The number of nitrogens with zero attached hydrogens (tertiary/aromatic N) is 12. The first kappa shape index (κ1) is 25.6. The Morgan fingerprint density at radius 3 is 1.04 bits per heavy atom. The van der Waals surface area contributed by atoms with Crippen LogP contribution in [-0.2, 0) is 13.7 Å². The standard InChI is InChI=1S/2C4H11N.Cu.4N3/c2*1-2-3-4-5;;4*1-3-2/h2*2-5H2,1H3;;;;;/q;;+2;4*-1/p+2. The summed E-state index contributed by atoms with van der Waals surface area (Å²) in [5.74, 6) is 0. The summed E-state index contributed by atoms with van der Waals surface area (Å²) in [5.41, 5.74) is 39.4. The molecule has 0 heterocycles. The van der Waals surface area contributed by atoms with Crippen molar-refractivity contribution in [3.8, 4) is 0 Å². The van der Waals surface area contributed by atoms with Gasteiger partial charge in [0, 0.05) is 0 Å². The molecule has 0 fully saturated rings. The van der Waals surface area contributed by atoms with Crippen molar-refractivity contribution in [2.75, 3.05) is 13.1 Å². The van der Waals surface area contributed by atoms with E-state index in [1.807, 2.05) is 0 Å².